The SMILES string of the molecule is CC1=C(c2ccccc2C)c2ccccc2C1(c1ccccc1)c1ccc(N(c2ccccc2)c2ccccc2)cc1. The molecule has 1 unspecified atom stereocenters. The maximum atomic E-state index is 2.34. The maximum Gasteiger partial charge on any atom is 0.0674 e. The highest BCUT2D eigenvalue weighted by molar-refractivity contribution is 5.93. The molecule has 1 heteroatoms. The van der Waals surface area contributed by atoms with Gasteiger partial charge in [-0.05, 0) is 94.8 Å². The van der Waals surface area contributed by atoms with E-state index in [9.17, 15) is 0 Å². The van der Waals surface area contributed by atoms with Gasteiger partial charge in [-0.3, -0.25) is 0 Å². The van der Waals surface area contributed by atoms with E-state index in [-0.39, 0.29) is 0 Å². The van der Waals surface area contributed by atoms with E-state index >= 15 is 0 Å². The molecule has 0 bridgehead atoms. The Hall–Kier alpha value is -5.14. The zero-order valence-electron chi connectivity index (χ0n) is 24.0. The van der Waals surface area contributed by atoms with Crippen molar-refractivity contribution in [3.8, 4) is 0 Å². The van der Waals surface area contributed by atoms with Crippen LogP contribution in [0.1, 0.15) is 40.3 Å². The van der Waals surface area contributed by atoms with Gasteiger partial charge in [0.25, 0.3) is 0 Å². The highest BCUT2D eigenvalue weighted by atomic mass is 15.1. The molecule has 1 atom stereocenters. The van der Waals surface area contributed by atoms with Crippen molar-refractivity contribution < 1.29 is 0 Å². The summed E-state index contributed by atoms with van der Waals surface area (Å²) in [6.07, 6.45) is 0. The minimum absolute atomic E-state index is 0.404. The van der Waals surface area contributed by atoms with Crippen LogP contribution >= 0.6 is 0 Å². The Kier molecular flexibility index (Phi) is 6.56. The summed E-state index contributed by atoms with van der Waals surface area (Å²) < 4.78 is 0. The molecule has 202 valence electrons. The monoisotopic (exact) mass is 539 g/mol. The van der Waals surface area contributed by atoms with E-state index in [4.69, 9.17) is 0 Å². The molecule has 0 heterocycles. The molecule has 0 aromatic heterocycles. The lowest BCUT2D eigenvalue weighted by Gasteiger charge is -2.35. The average Bonchev–Trinajstić information content (AvgIpc) is 3.32. The van der Waals surface area contributed by atoms with E-state index in [1.165, 1.54) is 44.5 Å². The van der Waals surface area contributed by atoms with Gasteiger partial charge in [0.2, 0.25) is 0 Å². The van der Waals surface area contributed by atoms with Crippen molar-refractivity contribution in [1.29, 1.82) is 0 Å². The third kappa shape index (κ3) is 4.09. The number of anilines is 3. The summed E-state index contributed by atoms with van der Waals surface area (Å²) in [6.45, 7) is 4.56. The van der Waals surface area contributed by atoms with Crippen molar-refractivity contribution >= 4 is 22.6 Å². The van der Waals surface area contributed by atoms with E-state index in [2.05, 4.69) is 183 Å². The highest BCUT2D eigenvalue weighted by Crippen LogP contribution is 2.56. The lowest BCUT2D eigenvalue weighted by molar-refractivity contribution is 0.743. The fourth-order valence-corrected chi connectivity index (χ4v) is 6.88. The van der Waals surface area contributed by atoms with Crippen LogP contribution in [0.5, 0.6) is 0 Å². The second-order valence-corrected chi connectivity index (χ2v) is 11.0. The van der Waals surface area contributed by atoms with Crippen molar-refractivity contribution in [2.75, 3.05) is 4.90 Å². The third-order valence-corrected chi connectivity index (χ3v) is 8.75. The molecule has 7 rings (SSSR count). The number of fused-ring (bicyclic) bond motifs is 1. The van der Waals surface area contributed by atoms with Crippen LogP contribution in [0.25, 0.3) is 5.57 Å². The van der Waals surface area contributed by atoms with Crippen molar-refractivity contribution in [1.82, 2.24) is 0 Å². The molecule has 0 aliphatic heterocycles. The van der Waals surface area contributed by atoms with Crippen LogP contribution in [0.15, 0.2) is 169 Å². The van der Waals surface area contributed by atoms with E-state index < -0.39 is 5.41 Å². The number of nitrogens with zero attached hydrogens (tertiary/aromatic N) is 1. The van der Waals surface area contributed by atoms with Gasteiger partial charge in [0.1, 0.15) is 0 Å². The van der Waals surface area contributed by atoms with Crippen LogP contribution in [-0.4, -0.2) is 0 Å². The van der Waals surface area contributed by atoms with Gasteiger partial charge in [0, 0.05) is 17.1 Å². The van der Waals surface area contributed by atoms with Gasteiger partial charge in [-0.25, -0.2) is 0 Å². The number of para-hydroxylation sites is 2. The molecule has 0 spiro atoms. The quantitative estimate of drug-likeness (QED) is 0.203. The Morgan fingerprint density at radius 3 is 1.45 bits per heavy atom. The van der Waals surface area contributed by atoms with E-state index in [1.807, 2.05) is 0 Å². The number of hydrogen-bond acceptors (Lipinski definition) is 1. The van der Waals surface area contributed by atoms with Crippen molar-refractivity contribution in [2.45, 2.75) is 19.3 Å². The van der Waals surface area contributed by atoms with E-state index in [0.29, 0.717) is 0 Å². The molecule has 0 fully saturated rings. The Balaban J connectivity index is 1.46. The number of rotatable bonds is 6. The van der Waals surface area contributed by atoms with Crippen LogP contribution in [0.2, 0.25) is 0 Å². The van der Waals surface area contributed by atoms with E-state index in [0.717, 1.165) is 17.1 Å². The first-order chi connectivity index (χ1) is 20.7. The second-order valence-electron chi connectivity index (χ2n) is 11.0. The Morgan fingerprint density at radius 1 is 0.405 bits per heavy atom. The lowest BCUT2D eigenvalue weighted by Crippen LogP contribution is -2.29. The molecule has 0 amide bonds. The Labute approximate surface area is 249 Å². The summed E-state index contributed by atoms with van der Waals surface area (Å²) in [4.78, 5) is 2.32. The number of aryl methyl sites for hydroxylation is 1. The average molecular weight is 540 g/mol. The van der Waals surface area contributed by atoms with Crippen LogP contribution in [0.4, 0.5) is 17.1 Å². The topological polar surface area (TPSA) is 3.24 Å². The smallest absolute Gasteiger partial charge is 0.0674 e. The maximum absolute atomic E-state index is 2.34. The molecule has 6 aromatic carbocycles. The summed E-state index contributed by atoms with van der Waals surface area (Å²) in [5.41, 5.74) is 13.5. The van der Waals surface area contributed by atoms with Gasteiger partial charge in [-0.1, -0.05) is 127 Å². The normalized spacial score (nSPS) is 15.9. The third-order valence-electron chi connectivity index (χ3n) is 8.75. The predicted octanol–water partition coefficient (Wildman–Crippen LogP) is 10.6. The molecule has 42 heavy (non-hydrogen) atoms. The molecule has 6 aromatic rings. The lowest BCUT2D eigenvalue weighted by atomic mass is 9.67. The number of hydrogen-bond donors (Lipinski definition) is 0. The van der Waals surface area contributed by atoms with Crippen molar-refractivity contribution in [2.24, 2.45) is 0 Å². The first-order valence-corrected chi connectivity index (χ1v) is 14.6. The van der Waals surface area contributed by atoms with Crippen molar-refractivity contribution in [3.63, 3.8) is 0 Å². The van der Waals surface area contributed by atoms with Gasteiger partial charge in [-0.15, -0.1) is 0 Å². The number of benzene rings is 6. The standard InChI is InChI=1S/C41H33N/c1-30-16-12-13-23-37(30)40-31(2)41(32-17-6-3-7-18-32,39-25-15-14-24-38(39)40)33-26-28-36(29-27-33)42(34-19-8-4-9-20-34)35-21-10-5-11-22-35/h3-29H,1-2H3. The Bertz CT molecular complexity index is 1830. The Morgan fingerprint density at radius 2 is 0.857 bits per heavy atom. The fraction of sp³-hybridized carbons (Fsp3) is 0.0732. The molecule has 1 nitrogen and oxygen atoms in total. The molecule has 0 N–H and O–H groups in total. The molecule has 0 saturated carbocycles. The molecular formula is C41H33N. The molecule has 0 radical (unpaired) electrons. The number of allylic oxidation sites excluding steroid dienone is 1. The van der Waals surface area contributed by atoms with E-state index in [1.54, 1.807) is 0 Å². The minimum Gasteiger partial charge on any atom is -0.311 e. The van der Waals surface area contributed by atoms with Gasteiger partial charge in [0.05, 0.1) is 5.41 Å². The molecule has 1 aliphatic carbocycles. The van der Waals surface area contributed by atoms with Gasteiger partial charge in [-0.2, -0.15) is 0 Å². The molecular weight excluding hydrogens is 506 g/mol. The first-order valence-electron chi connectivity index (χ1n) is 14.6. The van der Waals surface area contributed by atoms with Gasteiger partial charge < -0.3 is 4.90 Å². The van der Waals surface area contributed by atoms with Crippen LogP contribution in [0, 0.1) is 6.92 Å². The largest absolute Gasteiger partial charge is 0.311 e. The molecule has 1 aliphatic rings. The van der Waals surface area contributed by atoms with Crippen LogP contribution in [0.3, 0.4) is 0 Å². The summed E-state index contributed by atoms with van der Waals surface area (Å²) in [5.74, 6) is 0. The van der Waals surface area contributed by atoms with Crippen LogP contribution < -0.4 is 4.90 Å². The summed E-state index contributed by atoms with van der Waals surface area (Å²) in [7, 11) is 0. The summed E-state index contributed by atoms with van der Waals surface area (Å²) in [6, 6.07) is 59.2. The molecule has 0 saturated heterocycles. The van der Waals surface area contributed by atoms with Crippen LogP contribution in [-0.2, 0) is 5.41 Å². The zero-order valence-corrected chi connectivity index (χ0v) is 24.0. The van der Waals surface area contributed by atoms with Gasteiger partial charge in [0.15, 0.2) is 0 Å². The van der Waals surface area contributed by atoms with Crippen molar-refractivity contribution in [3.05, 3.63) is 203 Å². The summed E-state index contributed by atoms with van der Waals surface area (Å²) >= 11 is 0. The zero-order chi connectivity index (χ0) is 28.5. The van der Waals surface area contributed by atoms with Gasteiger partial charge >= 0.3 is 0 Å². The fourth-order valence-electron chi connectivity index (χ4n) is 6.88. The second kappa shape index (κ2) is 10.7. The summed E-state index contributed by atoms with van der Waals surface area (Å²) in [5, 5.41) is 0. The predicted molar refractivity (Wildman–Crippen MR) is 177 cm³/mol. The minimum atomic E-state index is -0.404. The first kappa shape index (κ1) is 25.8. The highest BCUT2D eigenvalue weighted by Gasteiger charge is 2.46.